The van der Waals surface area contributed by atoms with Gasteiger partial charge in [-0.25, -0.2) is 4.98 Å². The number of aromatic nitrogens is 2. The molecule has 1 unspecified atom stereocenters. The van der Waals surface area contributed by atoms with Crippen molar-refractivity contribution in [1.29, 1.82) is 0 Å². The Morgan fingerprint density at radius 2 is 1.54 bits per heavy atom. The lowest BCUT2D eigenvalue weighted by Crippen LogP contribution is -2.30. The van der Waals surface area contributed by atoms with Crippen molar-refractivity contribution in [3.63, 3.8) is 0 Å². The first kappa shape index (κ1) is 28.1. The van der Waals surface area contributed by atoms with Crippen molar-refractivity contribution in [1.82, 2.24) is 9.97 Å². The second-order valence-electron chi connectivity index (χ2n) is 12.8. The molecule has 212 valence electrons. The first-order valence-electron chi connectivity index (χ1n) is 13.8. The number of carbonyl (C=O) groups excluding carboxylic acids is 2. The number of fused-ring (bicyclic) bond motifs is 1. The Hall–Kier alpha value is -4.39. The lowest BCUT2D eigenvalue weighted by molar-refractivity contribution is -0.132. The number of aromatic amines is 1. The van der Waals surface area contributed by atoms with Gasteiger partial charge < -0.3 is 14.8 Å². The fraction of sp³-hybridized carbons (Fsp3) is 0.324. The molecule has 7 nitrogen and oxygen atoms in total. The second kappa shape index (κ2) is 9.91. The molecule has 0 saturated carbocycles. The Morgan fingerprint density at radius 3 is 2.15 bits per heavy atom. The van der Waals surface area contributed by atoms with Crippen LogP contribution in [0.25, 0.3) is 16.8 Å². The van der Waals surface area contributed by atoms with Crippen LogP contribution >= 0.6 is 0 Å². The third-order valence-electron chi connectivity index (χ3n) is 7.71. The third-order valence-corrected chi connectivity index (χ3v) is 7.71. The standard InChI is InChI=1S/C34H37N3O4/c1-19-9-15-24-25(17-19)36-32(35-24)37-28(20-10-12-21(13-11-20)33(2,3)4)27(30(39)31(37)40)29(38)23-18-22(34(5,6)7)14-16-26(23)41-8/h9-18,28,38H,1-8H3,(H,35,36)/b29-27+. The smallest absolute Gasteiger partial charge is 0.302 e. The molecule has 2 N–H and O–H groups in total. The number of imidazole rings is 1. The highest BCUT2D eigenvalue weighted by molar-refractivity contribution is 6.51. The number of aryl methyl sites for hydroxylation is 1. The summed E-state index contributed by atoms with van der Waals surface area (Å²) in [5.41, 5.74) is 5.24. The van der Waals surface area contributed by atoms with Gasteiger partial charge in [-0.1, -0.05) is 77.9 Å². The van der Waals surface area contributed by atoms with Crippen LogP contribution < -0.4 is 9.64 Å². The summed E-state index contributed by atoms with van der Waals surface area (Å²) in [5, 5.41) is 11.8. The van der Waals surface area contributed by atoms with Crippen LogP contribution in [0.4, 0.5) is 5.95 Å². The van der Waals surface area contributed by atoms with Crippen molar-refractivity contribution in [2.75, 3.05) is 12.0 Å². The number of H-pyrrole nitrogens is 1. The van der Waals surface area contributed by atoms with Gasteiger partial charge in [0.15, 0.2) is 0 Å². The van der Waals surface area contributed by atoms with Crippen molar-refractivity contribution in [3.8, 4) is 5.75 Å². The average molecular weight is 552 g/mol. The number of hydrogen-bond donors (Lipinski definition) is 2. The number of amides is 1. The summed E-state index contributed by atoms with van der Waals surface area (Å²) in [4.78, 5) is 36.8. The van der Waals surface area contributed by atoms with E-state index in [1.807, 2.05) is 61.5 Å². The van der Waals surface area contributed by atoms with Crippen LogP contribution in [0.5, 0.6) is 5.75 Å². The van der Waals surface area contributed by atoms with Crippen LogP contribution in [-0.4, -0.2) is 33.9 Å². The van der Waals surface area contributed by atoms with Crippen LogP contribution in [0.15, 0.2) is 66.2 Å². The first-order chi connectivity index (χ1) is 19.2. The molecule has 0 bridgehead atoms. The van der Waals surface area contributed by atoms with Gasteiger partial charge in [-0.05, 0) is 64.3 Å². The second-order valence-corrected chi connectivity index (χ2v) is 12.8. The van der Waals surface area contributed by atoms with Gasteiger partial charge in [0.1, 0.15) is 11.5 Å². The predicted molar refractivity (Wildman–Crippen MR) is 162 cm³/mol. The van der Waals surface area contributed by atoms with Gasteiger partial charge in [-0.15, -0.1) is 0 Å². The SMILES string of the molecule is COc1ccc(C(C)(C)C)cc1/C(O)=C1\C(=O)C(=O)N(c2nc3ccc(C)cc3[nH]2)C1c1ccc(C(C)(C)C)cc1. The normalized spacial score (nSPS) is 17.5. The van der Waals surface area contributed by atoms with E-state index in [9.17, 15) is 14.7 Å². The minimum atomic E-state index is -0.909. The zero-order valence-electron chi connectivity index (χ0n) is 24.9. The summed E-state index contributed by atoms with van der Waals surface area (Å²) in [6.07, 6.45) is 0. The van der Waals surface area contributed by atoms with Crippen LogP contribution in [0.1, 0.15) is 75.4 Å². The zero-order valence-corrected chi connectivity index (χ0v) is 24.9. The molecule has 1 atom stereocenters. The van der Waals surface area contributed by atoms with Crippen molar-refractivity contribution in [2.24, 2.45) is 0 Å². The molecule has 0 radical (unpaired) electrons. The van der Waals surface area contributed by atoms with E-state index >= 15 is 0 Å². The molecule has 0 aliphatic carbocycles. The van der Waals surface area contributed by atoms with E-state index in [2.05, 4.69) is 51.5 Å². The number of Topliss-reactive ketones (excluding diaryl/α,β-unsaturated/α-hetero) is 1. The van der Waals surface area contributed by atoms with E-state index < -0.39 is 17.7 Å². The monoisotopic (exact) mass is 551 g/mol. The van der Waals surface area contributed by atoms with Crippen molar-refractivity contribution in [2.45, 2.75) is 65.3 Å². The molecule has 1 aliphatic heterocycles. The number of ketones is 1. The fourth-order valence-corrected chi connectivity index (χ4v) is 5.26. The van der Waals surface area contributed by atoms with Crippen LogP contribution in [-0.2, 0) is 20.4 Å². The minimum Gasteiger partial charge on any atom is -0.507 e. The van der Waals surface area contributed by atoms with E-state index in [-0.39, 0.29) is 28.1 Å². The maximum absolute atomic E-state index is 13.8. The molecule has 1 aliphatic rings. The Labute approximate surface area is 240 Å². The van der Waals surface area contributed by atoms with Crippen LogP contribution in [0.3, 0.4) is 0 Å². The van der Waals surface area contributed by atoms with Gasteiger partial charge >= 0.3 is 5.91 Å². The highest BCUT2D eigenvalue weighted by Crippen LogP contribution is 2.44. The average Bonchev–Trinajstić information content (AvgIpc) is 3.44. The van der Waals surface area contributed by atoms with E-state index in [0.717, 1.165) is 22.2 Å². The number of carbonyl (C=O) groups is 2. The highest BCUT2D eigenvalue weighted by atomic mass is 16.5. The molecule has 41 heavy (non-hydrogen) atoms. The van der Waals surface area contributed by atoms with Gasteiger partial charge in [0.05, 0.1) is 35.3 Å². The van der Waals surface area contributed by atoms with Gasteiger partial charge in [0.2, 0.25) is 5.95 Å². The van der Waals surface area contributed by atoms with Crippen molar-refractivity contribution < 1.29 is 19.4 Å². The van der Waals surface area contributed by atoms with Gasteiger partial charge in [0, 0.05) is 0 Å². The van der Waals surface area contributed by atoms with Gasteiger partial charge in [0.25, 0.3) is 5.78 Å². The lowest BCUT2D eigenvalue weighted by Gasteiger charge is -2.25. The minimum absolute atomic E-state index is 0.0143. The third kappa shape index (κ3) is 5.01. The van der Waals surface area contributed by atoms with E-state index in [1.54, 1.807) is 6.07 Å². The number of nitrogens with one attached hydrogen (secondary N) is 1. The fourth-order valence-electron chi connectivity index (χ4n) is 5.26. The van der Waals surface area contributed by atoms with Gasteiger partial charge in [-0.2, -0.15) is 0 Å². The molecule has 0 spiro atoms. The summed E-state index contributed by atoms with van der Waals surface area (Å²) in [6, 6.07) is 18.2. The molecule has 4 aromatic rings. The molecular formula is C34H37N3O4. The summed E-state index contributed by atoms with van der Waals surface area (Å²) in [7, 11) is 1.51. The number of aliphatic hydroxyl groups excluding tert-OH is 1. The Balaban J connectivity index is 1.76. The largest absolute Gasteiger partial charge is 0.507 e. The molecule has 1 aromatic heterocycles. The molecule has 5 rings (SSSR count). The first-order valence-corrected chi connectivity index (χ1v) is 13.8. The summed E-state index contributed by atoms with van der Waals surface area (Å²) in [5.74, 6) is -1.19. The molecule has 2 heterocycles. The summed E-state index contributed by atoms with van der Waals surface area (Å²) >= 11 is 0. The Kier molecular flexibility index (Phi) is 6.80. The van der Waals surface area contributed by atoms with E-state index in [4.69, 9.17) is 4.74 Å². The van der Waals surface area contributed by atoms with Crippen molar-refractivity contribution >= 4 is 34.4 Å². The summed E-state index contributed by atoms with van der Waals surface area (Å²) < 4.78 is 5.59. The number of methoxy groups -OCH3 is 1. The van der Waals surface area contributed by atoms with E-state index in [0.29, 0.717) is 22.4 Å². The van der Waals surface area contributed by atoms with Crippen LogP contribution in [0.2, 0.25) is 0 Å². The number of nitrogens with zero attached hydrogens (tertiary/aromatic N) is 2. The Bertz CT molecular complexity index is 1700. The molecule has 1 fully saturated rings. The molecule has 1 saturated heterocycles. The molecule has 3 aromatic carbocycles. The number of rotatable bonds is 4. The zero-order chi connectivity index (χ0) is 29.9. The number of aliphatic hydroxyl groups is 1. The van der Waals surface area contributed by atoms with Crippen molar-refractivity contribution in [3.05, 3.63) is 94.1 Å². The predicted octanol–water partition coefficient (Wildman–Crippen LogP) is 7.10. The molecule has 7 heteroatoms. The number of anilines is 1. The number of benzene rings is 3. The van der Waals surface area contributed by atoms with Gasteiger partial charge in [-0.3, -0.25) is 14.5 Å². The molecular weight excluding hydrogens is 514 g/mol. The summed E-state index contributed by atoms with van der Waals surface area (Å²) in [6.45, 7) is 14.5. The quantitative estimate of drug-likeness (QED) is 0.160. The highest BCUT2D eigenvalue weighted by Gasteiger charge is 2.48. The Morgan fingerprint density at radius 1 is 0.902 bits per heavy atom. The maximum atomic E-state index is 13.8. The number of ether oxygens (including phenoxy) is 1. The van der Waals surface area contributed by atoms with E-state index in [1.165, 1.54) is 12.0 Å². The van der Waals surface area contributed by atoms with Crippen LogP contribution in [0, 0.1) is 6.92 Å². The topological polar surface area (TPSA) is 95.5 Å². The molecule has 1 amide bonds. The maximum Gasteiger partial charge on any atom is 0.302 e. The number of hydrogen-bond acceptors (Lipinski definition) is 5. The lowest BCUT2D eigenvalue weighted by atomic mass is 9.84.